The van der Waals surface area contributed by atoms with Crippen molar-refractivity contribution < 1.29 is 9.53 Å². The summed E-state index contributed by atoms with van der Waals surface area (Å²) >= 11 is 6.02. The van der Waals surface area contributed by atoms with E-state index in [0.29, 0.717) is 22.5 Å². The highest BCUT2D eigenvalue weighted by Gasteiger charge is 2.18. The standard InChI is InChI=1S/C16H19ClN6O2/c1-25-16-21-13(20-14(22-16)23-8-4-5-9-23)10-18-15(24)19-12-7-3-2-6-11(12)17/h2-3,6-7H,4-5,8-10H2,1H3,(H2,18,19,24). The Bertz CT molecular complexity index is 751. The second-order valence-corrected chi connectivity index (χ2v) is 5.93. The summed E-state index contributed by atoms with van der Waals surface area (Å²) < 4.78 is 5.14. The number of halogens is 1. The average molecular weight is 363 g/mol. The van der Waals surface area contributed by atoms with E-state index in [4.69, 9.17) is 16.3 Å². The molecule has 0 unspecified atom stereocenters. The number of urea groups is 1. The number of ether oxygens (including phenoxy) is 1. The summed E-state index contributed by atoms with van der Waals surface area (Å²) in [6, 6.07) is 6.86. The third kappa shape index (κ3) is 4.48. The van der Waals surface area contributed by atoms with Crippen LogP contribution in [0, 0.1) is 0 Å². The van der Waals surface area contributed by atoms with E-state index in [0.717, 1.165) is 25.9 Å². The van der Waals surface area contributed by atoms with E-state index in [1.165, 1.54) is 7.11 Å². The molecule has 0 bridgehead atoms. The second kappa shape index (κ2) is 7.98. The molecule has 2 aromatic rings. The number of amides is 2. The van der Waals surface area contributed by atoms with Gasteiger partial charge in [0.15, 0.2) is 5.82 Å². The maximum Gasteiger partial charge on any atom is 0.321 e. The molecule has 8 nitrogen and oxygen atoms in total. The van der Waals surface area contributed by atoms with Crippen LogP contribution in [-0.2, 0) is 6.54 Å². The van der Waals surface area contributed by atoms with Gasteiger partial charge in [0.2, 0.25) is 5.95 Å². The molecule has 2 amide bonds. The van der Waals surface area contributed by atoms with Crippen molar-refractivity contribution in [2.24, 2.45) is 0 Å². The Morgan fingerprint density at radius 2 is 2.00 bits per heavy atom. The van der Waals surface area contributed by atoms with Crippen molar-refractivity contribution in [3.8, 4) is 6.01 Å². The van der Waals surface area contributed by atoms with Gasteiger partial charge in [-0.05, 0) is 25.0 Å². The highest BCUT2D eigenvalue weighted by Crippen LogP contribution is 2.20. The Morgan fingerprint density at radius 1 is 1.24 bits per heavy atom. The summed E-state index contributed by atoms with van der Waals surface area (Å²) in [5.41, 5.74) is 0.535. The van der Waals surface area contributed by atoms with Gasteiger partial charge in [-0.15, -0.1) is 0 Å². The van der Waals surface area contributed by atoms with Gasteiger partial charge in [-0.1, -0.05) is 23.7 Å². The van der Waals surface area contributed by atoms with Crippen LogP contribution in [0.4, 0.5) is 16.4 Å². The molecule has 132 valence electrons. The highest BCUT2D eigenvalue weighted by molar-refractivity contribution is 6.33. The van der Waals surface area contributed by atoms with Gasteiger partial charge < -0.3 is 20.3 Å². The Labute approximate surface area is 150 Å². The summed E-state index contributed by atoms with van der Waals surface area (Å²) in [5, 5.41) is 5.86. The lowest BCUT2D eigenvalue weighted by molar-refractivity contribution is 0.251. The summed E-state index contributed by atoms with van der Waals surface area (Å²) in [6.07, 6.45) is 2.23. The van der Waals surface area contributed by atoms with Gasteiger partial charge in [0.1, 0.15) is 0 Å². The summed E-state index contributed by atoms with van der Waals surface area (Å²) in [4.78, 5) is 27.0. The largest absolute Gasteiger partial charge is 0.467 e. The van der Waals surface area contributed by atoms with Crippen molar-refractivity contribution in [1.82, 2.24) is 20.3 Å². The zero-order valence-corrected chi connectivity index (χ0v) is 14.6. The second-order valence-electron chi connectivity index (χ2n) is 5.52. The van der Waals surface area contributed by atoms with E-state index in [-0.39, 0.29) is 12.6 Å². The number of benzene rings is 1. The normalized spacial score (nSPS) is 13.6. The lowest BCUT2D eigenvalue weighted by Crippen LogP contribution is -2.30. The molecule has 1 fully saturated rings. The van der Waals surface area contributed by atoms with Crippen molar-refractivity contribution >= 4 is 29.3 Å². The maximum absolute atomic E-state index is 12.0. The third-order valence-electron chi connectivity index (χ3n) is 3.75. The smallest absolute Gasteiger partial charge is 0.321 e. The molecule has 25 heavy (non-hydrogen) atoms. The fraction of sp³-hybridized carbons (Fsp3) is 0.375. The predicted octanol–water partition coefficient (Wildman–Crippen LogP) is 2.46. The highest BCUT2D eigenvalue weighted by atomic mass is 35.5. The minimum atomic E-state index is -0.393. The maximum atomic E-state index is 12.0. The predicted molar refractivity (Wildman–Crippen MR) is 95.1 cm³/mol. The minimum absolute atomic E-state index is 0.149. The van der Waals surface area contributed by atoms with Crippen LogP contribution in [0.5, 0.6) is 6.01 Å². The fourth-order valence-electron chi connectivity index (χ4n) is 2.50. The SMILES string of the molecule is COc1nc(CNC(=O)Nc2ccccc2Cl)nc(N2CCCC2)n1. The van der Waals surface area contributed by atoms with E-state index in [1.807, 2.05) is 0 Å². The van der Waals surface area contributed by atoms with Crippen molar-refractivity contribution in [2.75, 3.05) is 30.4 Å². The van der Waals surface area contributed by atoms with Crippen molar-refractivity contribution in [1.29, 1.82) is 0 Å². The summed E-state index contributed by atoms with van der Waals surface area (Å²) in [7, 11) is 1.50. The van der Waals surface area contributed by atoms with Crippen LogP contribution in [0.3, 0.4) is 0 Å². The van der Waals surface area contributed by atoms with E-state index in [2.05, 4.69) is 30.5 Å². The van der Waals surface area contributed by atoms with Crippen molar-refractivity contribution in [3.05, 3.63) is 35.1 Å². The number of anilines is 2. The molecule has 0 spiro atoms. The number of methoxy groups -OCH3 is 1. The number of aromatic nitrogens is 3. The topological polar surface area (TPSA) is 92.3 Å². The monoisotopic (exact) mass is 362 g/mol. The zero-order valence-electron chi connectivity index (χ0n) is 13.8. The zero-order chi connectivity index (χ0) is 17.6. The Kier molecular flexibility index (Phi) is 5.49. The number of carbonyl (C=O) groups excluding carboxylic acids is 1. The number of hydrogen-bond acceptors (Lipinski definition) is 6. The van der Waals surface area contributed by atoms with Gasteiger partial charge in [0.25, 0.3) is 0 Å². The van der Waals surface area contributed by atoms with Crippen LogP contribution in [0.15, 0.2) is 24.3 Å². The number of para-hydroxylation sites is 1. The van der Waals surface area contributed by atoms with Crippen LogP contribution < -0.4 is 20.3 Å². The third-order valence-corrected chi connectivity index (χ3v) is 4.08. The Morgan fingerprint density at radius 3 is 2.72 bits per heavy atom. The number of nitrogens with one attached hydrogen (secondary N) is 2. The van der Waals surface area contributed by atoms with Gasteiger partial charge in [-0.2, -0.15) is 15.0 Å². The molecule has 0 aliphatic carbocycles. The van der Waals surface area contributed by atoms with Crippen LogP contribution in [0.2, 0.25) is 5.02 Å². The molecule has 1 aliphatic rings. The first-order valence-electron chi connectivity index (χ1n) is 7.99. The molecule has 3 rings (SSSR count). The first kappa shape index (κ1) is 17.2. The van der Waals surface area contributed by atoms with Crippen LogP contribution in [-0.4, -0.2) is 41.2 Å². The van der Waals surface area contributed by atoms with Gasteiger partial charge in [0, 0.05) is 13.1 Å². The van der Waals surface area contributed by atoms with E-state index in [1.54, 1.807) is 24.3 Å². The van der Waals surface area contributed by atoms with Crippen molar-refractivity contribution in [2.45, 2.75) is 19.4 Å². The lowest BCUT2D eigenvalue weighted by atomic mass is 10.3. The summed E-state index contributed by atoms with van der Waals surface area (Å²) in [6.45, 7) is 1.97. The molecule has 0 atom stereocenters. The minimum Gasteiger partial charge on any atom is -0.467 e. The van der Waals surface area contributed by atoms with Gasteiger partial charge >= 0.3 is 12.0 Å². The molecule has 0 radical (unpaired) electrons. The number of rotatable bonds is 5. The number of hydrogen-bond donors (Lipinski definition) is 2. The van der Waals surface area contributed by atoms with Crippen LogP contribution >= 0.6 is 11.6 Å². The Hall–Kier alpha value is -2.61. The molecule has 2 N–H and O–H groups in total. The molecule has 1 aromatic carbocycles. The molecule has 2 heterocycles. The van der Waals surface area contributed by atoms with E-state index in [9.17, 15) is 4.79 Å². The Balaban J connectivity index is 1.64. The molecular formula is C16H19ClN6O2. The number of nitrogens with zero attached hydrogens (tertiary/aromatic N) is 4. The molecule has 1 saturated heterocycles. The molecule has 9 heteroatoms. The first-order chi connectivity index (χ1) is 12.2. The molecule has 1 aliphatic heterocycles. The molecule has 0 saturated carbocycles. The average Bonchev–Trinajstić information content (AvgIpc) is 3.16. The van der Waals surface area contributed by atoms with E-state index >= 15 is 0 Å². The van der Waals surface area contributed by atoms with Crippen LogP contribution in [0.1, 0.15) is 18.7 Å². The van der Waals surface area contributed by atoms with Gasteiger partial charge in [-0.25, -0.2) is 4.79 Å². The van der Waals surface area contributed by atoms with Gasteiger partial charge in [-0.3, -0.25) is 0 Å². The first-order valence-corrected chi connectivity index (χ1v) is 8.37. The number of carbonyl (C=O) groups is 1. The summed E-state index contributed by atoms with van der Waals surface area (Å²) in [5.74, 6) is 1.01. The molecular weight excluding hydrogens is 344 g/mol. The fourth-order valence-corrected chi connectivity index (χ4v) is 2.69. The van der Waals surface area contributed by atoms with Gasteiger partial charge in [0.05, 0.1) is 24.4 Å². The van der Waals surface area contributed by atoms with Crippen molar-refractivity contribution in [3.63, 3.8) is 0 Å². The quantitative estimate of drug-likeness (QED) is 0.848. The van der Waals surface area contributed by atoms with E-state index < -0.39 is 6.03 Å². The van der Waals surface area contributed by atoms with Crippen LogP contribution in [0.25, 0.3) is 0 Å². The molecule has 1 aromatic heterocycles. The lowest BCUT2D eigenvalue weighted by Gasteiger charge is -2.16.